The van der Waals surface area contributed by atoms with Gasteiger partial charge in [-0.15, -0.1) is 0 Å². The summed E-state index contributed by atoms with van der Waals surface area (Å²) in [4.78, 5) is 11.6. The van der Waals surface area contributed by atoms with E-state index in [0.717, 1.165) is 5.69 Å². The molecule has 15 heavy (non-hydrogen) atoms. The SMILES string of the molecule is CNCC(C)C(=O)Nc1cc(C)n(C)n1. The second-order valence-corrected chi connectivity index (χ2v) is 3.74. The summed E-state index contributed by atoms with van der Waals surface area (Å²) in [7, 11) is 3.68. The molecule has 0 aromatic carbocycles. The predicted octanol–water partition coefficient (Wildman–Crippen LogP) is 0.523. The Morgan fingerprint density at radius 2 is 2.33 bits per heavy atom. The average Bonchev–Trinajstić information content (AvgIpc) is 2.46. The van der Waals surface area contributed by atoms with Gasteiger partial charge in [0.25, 0.3) is 0 Å². The van der Waals surface area contributed by atoms with E-state index in [4.69, 9.17) is 0 Å². The normalized spacial score (nSPS) is 12.5. The molecule has 0 aliphatic heterocycles. The topological polar surface area (TPSA) is 59.0 Å². The molecule has 84 valence electrons. The second kappa shape index (κ2) is 4.93. The van der Waals surface area contributed by atoms with Gasteiger partial charge in [-0.2, -0.15) is 5.10 Å². The van der Waals surface area contributed by atoms with Crippen LogP contribution in [-0.4, -0.2) is 29.3 Å². The van der Waals surface area contributed by atoms with Crippen LogP contribution in [0.3, 0.4) is 0 Å². The van der Waals surface area contributed by atoms with Crippen LogP contribution >= 0.6 is 0 Å². The zero-order chi connectivity index (χ0) is 11.4. The third-order valence-corrected chi connectivity index (χ3v) is 2.32. The molecular formula is C10H18N4O. The molecule has 0 saturated carbocycles. The molecule has 1 aromatic heterocycles. The average molecular weight is 210 g/mol. The van der Waals surface area contributed by atoms with Gasteiger partial charge in [0.1, 0.15) is 0 Å². The second-order valence-electron chi connectivity index (χ2n) is 3.74. The molecule has 0 spiro atoms. The Labute approximate surface area is 89.9 Å². The highest BCUT2D eigenvalue weighted by Crippen LogP contribution is 2.08. The van der Waals surface area contributed by atoms with Crippen molar-refractivity contribution in [3.05, 3.63) is 11.8 Å². The van der Waals surface area contributed by atoms with Crippen molar-refractivity contribution in [3.8, 4) is 0 Å². The minimum Gasteiger partial charge on any atom is -0.319 e. The number of anilines is 1. The monoisotopic (exact) mass is 210 g/mol. The molecule has 1 amide bonds. The molecule has 0 fully saturated rings. The molecule has 1 rings (SSSR count). The largest absolute Gasteiger partial charge is 0.319 e. The van der Waals surface area contributed by atoms with Crippen molar-refractivity contribution in [3.63, 3.8) is 0 Å². The number of amides is 1. The third kappa shape index (κ3) is 3.06. The van der Waals surface area contributed by atoms with Crippen LogP contribution in [0.5, 0.6) is 0 Å². The quantitative estimate of drug-likeness (QED) is 0.762. The molecular weight excluding hydrogens is 192 g/mol. The smallest absolute Gasteiger partial charge is 0.229 e. The fraction of sp³-hybridized carbons (Fsp3) is 0.600. The maximum Gasteiger partial charge on any atom is 0.229 e. The summed E-state index contributed by atoms with van der Waals surface area (Å²) < 4.78 is 1.73. The standard InChI is InChI=1S/C10H18N4O/c1-7(6-11-3)10(15)12-9-5-8(2)14(4)13-9/h5,7,11H,6H2,1-4H3,(H,12,13,15). The van der Waals surface area contributed by atoms with Crippen molar-refractivity contribution in [2.45, 2.75) is 13.8 Å². The fourth-order valence-electron chi connectivity index (χ4n) is 1.27. The van der Waals surface area contributed by atoms with E-state index in [1.807, 2.05) is 34.0 Å². The van der Waals surface area contributed by atoms with E-state index in [1.165, 1.54) is 0 Å². The van der Waals surface area contributed by atoms with Gasteiger partial charge < -0.3 is 10.6 Å². The van der Waals surface area contributed by atoms with Gasteiger partial charge in [-0.1, -0.05) is 6.92 Å². The molecule has 0 aliphatic rings. The Hall–Kier alpha value is -1.36. The molecule has 1 unspecified atom stereocenters. The number of aromatic nitrogens is 2. The molecule has 0 bridgehead atoms. The maximum absolute atomic E-state index is 11.6. The number of nitrogens with zero attached hydrogens (tertiary/aromatic N) is 2. The van der Waals surface area contributed by atoms with E-state index < -0.39 is 0 Å². The number of aryl methyl sites for hydroxylation is 2. The summed E-state index contributed by atoms with van der Waals surface area (Å²) in [5.74, 6) is 0.544. The van der Waals surface area contributed by atoms with Crippen LogP contribution in [0.1, 0.15) is 12.6 Å². The highest BCUT2D eigenvalue weighted by molar-refractivity contribution is 5.91. The van der Waals surface area contributed by atoms with Crippen molar-refractivity contribution in [1.82, 2.24) is 15.1 Å². The number of nitrogens with one attached hydrogen (secondary N) is 2. The minimum atomic E-state index is -0.0580. The van der Waals surface area contributed by atoms with Gasteiger partial charge in [0.05, 0.1) is 0 Å². The molecule has 1 heterocycles. The van der Waals surface area contributed by atoms with Gasteiger partial charge in [-0.25, -0.2) is 0 Å². The summed E-state index contributed by atoms with van der Waals surface area (Å²) in [6.07, 6.45) is 0. The molecule has 5 heteroatoms. The lowest BCUT2D eigenvalue weighted by Gasteiger charge is -2.09. The first-order chi connectivity index (χ1) is 7.04. The lowest BCUT2D eigenvalue weighted by atomic mass is 10.1. The Balaban J connectivity index is 2.58. The van der Waals surface area contributed by atoms with E-state index in [-0.39, 0.29) is 11.8 Å². The van der Waals surface area contributed by atoms with Crippen molar-refractivity contribution >= 4 is 11.7 Å². The van der Waals surface area contributed by atoms with Crippen LogP contribution in [0.25, 0.3) is 0 Å². The zero-order valence-corrected chi connectivity index (χ0v) is 9.66. The van der Waals surface area contributed by atoms with E-state index >= 15 is 0 Å². The first-order valence-electron chi connectivity index (χ1n) is 5.00. The highest BCUT2D eigenvalue weighted by atomic mass is 16.2. The summed E-state index contributed by atoms with van der Waals surface area (Å²) in [5.41, 5.74) is 1.02. The van der Waals surface area contributed by atoms with Crippen LogP contribution in [0.2, 0.25) is 0 Å². The summed E-state index contributed by atoms with van der Waals surface area (Å²) in [6, 6.07) is 1.85. The first kappa shape index (κ1) is 11.7. The Kier molecular flexibility index (Phi) is 3.85. The third-order valence-electron chi connectivity index (χ3n) is 2.32. The molecule has 1 aromatic rings. The lowest BCUT2D eigenvalue weighted by molar-refractivity contribution is -0.119. The fourth-order valence-corrected chi connectivity index (χ4v) is 1.27. The van der Waals surface area contributed by atoms with Crippen molar-refractivity contribution in [2.24, 2.45) is 13.0 Å². The molecule has 0 saturated heterocycles. The molecule has 5 nitrogen and oxygen atoms in total. The van der Waals surface area contributed by atoms with Crippen LogP contribution in [0, 0.1) is 12.8 Å². The Bertz CT molecular complexity index is 326. The van der Waals surface area contributed by atoms with E-state index in [9.17, 15) is 4.79 Å². The summed E-state index contributed by atoms with van der Waals surface area (Å²) in [6.45, 7) is 4.49. The Morgan fingerprint density at radius 3 is 2.80 bits per heavy atom. The van der Waals surface area contributed by atoms with Crippen LogP contribution < -0.4 is 10.6 Å². The van der Waals surface area contributed by atoms with E-state index in [0.29, 0.717) is 12.4 Å². The lowest BCUT2D eigenvalue weighted by Crippen LogP contribution is -2.28. The van der Waals surface area contributed by atoms with Crippen molar-refractivity contribution < 1.29 is 4.79 Å². The number of hydrogen-bond donors (Lipinski definition) is 2. The van der Waals surface area contributed by atoms with Gasteiger partial charge in [0, 0.05) is 31.3 Å². The van der Waals surface area contributed by atoms with Gasteiger partial charge >= 0.3 is 0 Å². The number of rotatable bonds is 4. The van der Waals surface area contributed by atoms with Gasteiger partial charge in [0.2, 0.25) is 5.91 Å². The number of hydrogen-bond acceptors (Lipinski definition) is 3. The molecule has 0 aliphatic carbocycles. The van der Waals surface area contributed by atoms with Gasteiger partial charge in [-0.3, -0.25) is 9.48 Å². The molecule has 0 radical (unpaired) electrons. The van der Waals surface area contributed by atoms with Crippen molar-refractivity contribution in [1.29, 1.82) is 0 Å². The van der Waals surface area contributed by atoms with Crippen LogP contribution in [-0.2, 0) is 11.8 Å². The highest BCUT2D eigenvalue weighted by Gasteiger charge is 2.13. The van der Waals surface area contributed by atoms with Crippen molar-refractivity contribution in [2.75, 3.05) is 18.9 Å². The summed E-state index contributed by atoms with van der Waals surface area (Å²) >= 11 is 0. The Morgan fingerprint density at radius 1 is 1.67 bits per heavy atom. The molecule has 2 N–H and O–H groups in total. The number of carbonyl (C=O) groups is 1. The van der Waals surface area contributed by atoms with Crippen LogP contribution in [0.15, 0.2) is 6.07 Å². The summed E-state index contributed by atoms with van der Waals surface area (Å²) in [5, 5.41) is 9.90. The first-order valence-corrected chi connectivity index (χ1v) is 5.00. The van der Waals surface area contributed by atoms with Gasteiger partial charge in [0.15, 0.2) is 5.82 Å². The zero-order valence-electron chi connectivity index (χ0n) is 9.66. The molecule has 1 atom stereocenters. The van der Waals surface area contributed by atoms with Crippen LogP contribution in [0.4, 0.5) is 5.82 Å². The van der Waals surface area contributed by atoms with E-state index in [1.54, 1.807) is 4.68 Å². The van der Waals surface area contributed by atoms with E-state index in [2.05, 4.69) is 15.7 Å². The van der Waals surface area contributed by atoms with Gasteiger partial charge in [-0.05, 0) is 14.0 Å². The maximum atomic E-state index is 11.6. The number of carbonyl (C=O) groups excluding carboxylic acids is 1. The minimum absolute atomic E-state index is 0.0116. The predicted molar refractivity (Wildman–Crippen MR) is 59.7 cm³/mol.